The molecule has 0 radical (unpaired) electrons. The van der Waals surface area contributed by atoms with E-state index in [1.165, 1.54) is 12.0 Å². The third-order valence-electron chi connectivity index (χ3n) is 4.84. The van der Waals surface area contributed by atoms with Crippen LogP contribution in [-0.2, 0) is 9.53 Å². The molecule has 150 valence electrons. The summed E-state index contributed by atoms with van der Waals surface area (Å²) in [6.07, 6.45) is -1.21. The van der Waals surface area contributed by atoms with Gasteiger partial charge in [0, 0.05) is 31.1 Å². The predicted octanol–water partition coefficient (Wildman–Crippen LogP) is 1.94. The molecule has 1 fully saturated rings. The minimum absolute atomic E-state index is 0.0541. The number of hydrogen-bond donors (Lipinski definition) is 1. The highest BCUT2D eigenvalue weighted by atomic mass is 32.1. The van der Waals surface area contributed by atoms with Crippen LogP contribution in [0.4, 0.5) is 4.39 Å². The molecular weight excluding hydrogens is 399 g/mol. The monoisotopic (exact) mass is 416 g/mol. The Kier molecular flexibility index (Phi) is 4.76. The number of esters is 1. The van der Waals surface area contributed by atoms with Gasteiger partial charge in [0.05, 0.1) is 17.7 Å². The summed E-state index contributed by atoms with van der Waals surface area (Å²) in [6.45, 7) is 0.229. The third kappa shape index (κ3) is 3.34. The molecule has 2 aliphatic rings. The number of fused-ring (bicyclic) bond motifs is 3. The van der Waals surface area contributed by atoms with Gasteiger partial charge in [0.15, 0.2) is 6.17 Å². The van der Waals surface area contributed by atoms with Crippen molar-refractivity contribution < 1.29 is 28.6 Å². The van der Waals surface area contributed by atoms with Crippen molar-refractivity contribution in [1.29, 1.82) is 0 Å². The smallest absolute Gasteiger partial charge is 0.367 e. The second-order valence-corrected chi connectivity index (χ2v) is 7.83. The lowest BCUT2D eigenvalue weighted by molar-refractivity contribution is -0.137. The number of aliphatic hydroxyl groups is 1. The molecule has 29 heavy (non-hydrogen) atoms. The van der Waals surface area contributed by atoms with E-state index in [4.69, 9.17) is 4.74 Å². The number of ether oxygens (including phenoxy) is 2. The number of likely N-dealkylation sites (tertiary alicyclic amines) is 1. The highest BCUT2D eigenvalue weighted by Crippen LogP contribution is 2.42. The number of methoxy groups -OCH3 is 1. The van der Waals surface area contributed by atoms with Crippen LogP contribution < -0.4 is 4.74 Å². The van der Waals surface area contributed by atoms with Crippen molar-refractivity contribution in [2.24, 2.45) is 0 Å². The van der Waals surface area contributed by atoms with E-state index in [1.807, 2.05) is 0 Å². The molecule has 0 bridgehead atoms. The first-order valence-electron chi connectivity index (χ1n) is 8.84. The zero-order valence-electron chi connectivity index (χ0n) is 15.7. The van der Waals surface area contributed by atoms with E-state index in [2.05, 4.69) is 21.6 Å². The van der Waals surface area contributed by atoms with Crippen molar-refractivity contribution in [3.8, 4) is 28.8 Å². The fourth-order valence-corrected chi connectivity index (χ4v) is 4.17. The zero-order valence-corrected chi connectivity index (χ0v) is 16.5. The van der Waals surface area contributed by atoms with Crippen LogP contribution in [0, 0.1) is 11.8 Å². The van der Waals surface area contributed by atoms with Gasteiger partial charge in [-0.2, -0.15) is 0 Å². The summed E-state index contributed by atoms with van der Waals surface area (Å²) in [4.78, 5) is 29.9. The molecule has 1 aromatic carbocycles. The Hall–Kier alpha value is -2.96. The fraction of sp³-hybridized carbons (Fsp3) is 0.350. The Morgan fingerprint density at radius 2 is 2.31 bits per heavy atom. The second-order valence-electron chi connectivity index (χ2n) is 6.80. The maximum atomic E-state index is 14.6. The number of thiazole rings is 1. The van der Waals surface area contributed by atoms with E-state index in [1.54, 1.807) is 25.2 Å². The van der Waals surface area contributed by atoms with Gasteiger partial charge < -0.3 is 19.5 Å². The molecule has 2 atom stereocenters. The average Bonchev–Trinajstić information content (AvgIpc) is 3.24. The van der Waals surface area contributed by atoms with Crippen molar-refractivity contribution in [3.05, 3.63) is 33.6 Å². The number of halogens is 1. The Balaban J connectivity index is 1.76. The lowest BCUT2D eigenvalue weighted by Gasteiger charge is -2.13. The largest absolute Gasteiger partial charge is 0.489 e. The summed E-state index contributed by atoms with van der Waals surface area (Å²) >= 11 is 0.926. The van der Waals surface area contributed by atoms with Gasteiger partial charge in [-0.25, -0.2) is 14.2 Å². The number of alkyl halides is 1. The van der Waals surface area contributed by atoms with E-state index in [9.17, 15) is 19.1 Å². The van der Waals surface area contributed by atoms with Gasteiger partial charge >= 0.3 is 5.97 Å². The van der Waals surface area contributed by atoms with E-state index in [-0.39, 0.29) is 22.9 Å². The molecule has 1 amide bonds. The second kappa shape index (κ2) is 7.13. The molecule has 1 N–H and O–H groups in total. The molecule has 1 saturated heterocycles. The standard InChI is InChI=1S/C20H17FN2O5S/c1-23-8-7-20(26,19(23)25)6-5-11-3-4-14-12(9-11)15-16(13(21)10-28-14)29-17(22-15)18(24)27-2/h3-4,9,13,26H,7-8,10H2,1-2H3/t13?,20-/m0/s1. The van der Waals surface area contributed by atoms with Gasteiger partial charge in [-0.15, -0.1) is 11.3 Å². The number of aromatic nitrogens is 1. The third-order valence-corrected chi connectivity index (χ3v) is 5.96. The van der Waals surface area contributed by atoms with Gasteiger partial charge in [-0.05, 0) is 18.2 Å². The Morgan fingerprint density at radius 1 is 1.52 bits per heavy atom. The lowest BCUT2D eigenvalue weighted by atomic mass is 10.0. The Labute approximate surface area is 170 Å². The molecule has 9 heteroatoms. The minimum atomic E-state index is -1.72. The van der Waals surface area contributed by atoms with Crippen LogP contribution in [0.15, 0.2) is 18.2 Å². The van der Waals surface area contributed by atoms with Gasteiger partial charge in [-0.3, -0.25) is 4.79 Å². The molecule has 3 heterocycles. The summed E-state index contributed by atoms with van der Waals surface area (Å²) in [5, 5.41) is 10.5. The van der Waals surface area contributed by atoms with E-state index >= 15 is 0 Å². The number of carbonyl (C=O) groups excluding carboxylic acids is 2. The maximum absolute atomic E-state index is 14.6. The summed E-state index contributed by atoms with van der Waals surface area (Å²) in [5.74, 6) is 4.80. The average molecular weight is 416 g/mol. The normalized spacial score (nSPS) is 22.7. The number of benzene rings is 1. The summed E-state index contributed by atoms with van der Waals surface area (Å²) in [7, 11) is 2.84. The fourth-order valence-electron chi connectivity index (χ4n) is 3.21. The predicted molar refractivity (Wildman–Crippen MR) is 102 cm³/mol. The highest BCUT2D eigenvalue weighted by molar-refractivity contribution is 7.14. The van der Waals surface area contributed by atoms with Crippen LogP contribution in [0.5, 0.6) is 5.75 Å². The lowest BCUT2D eigenvalue weighted by Crippen LogP contribution is -2.37. The van der Waals surface area contributed by atoms with Gasteiger partial charge in [0.2, 0.25) is 10.6 Å². The Bertz CT molecular complexity index is 1070. The number of amides is 1. The van der Waals surface area contributed by atoms with E-state index < -0.39 is 23.6 Å². The molecule has 1 aromatic heterocycles. The van der Waals surface area contributed by atoms with Crippen LogP contribution in [0.1, 0.15) is 32.8 Å². The van der Waals surface area contributed by atoms with Crippen molar-refractivity contribution in [2.45, 2.75) is 18.2 Å². The quantitative estimate of drug-likeness (QED) is 0.565. The number of likely N-dealkylation sites (N-methyl/N-ethyl adjacent to an activating group) is 1. The highest BCUT2D eigenvalue weighted by Gasteiger charge is 2.42. The van der Waals surface area contributed by atoms with Gasteiger partial charge in [0.25, 0.3) is 5.91 Å². The molecule has 0 saturated carbocycles. The number of nitrogens with zero attached hydrogens (tertiary/aromatic N) is 2. The van der Waals surface area contributed by atoms with Crippen molar-refractivity contribution in [3.63, 3.8) is 0 Å². The van der Waals surface area contributed by atoms with Crippen LogP contribution in [0.3, 0.4) is 0 Å². The van der Waals surface area contributed by atoms with Crippen LogP contribution in [-0.4, -0.2) is 59.8 Å². The first kappa shape index (κ1) is 19.4. The van der Waals surface area contributed by atoms with Crippen LogP contribution >= 0.6 is 11.3 Å². The zero-order chi connectivity index (χ0) is 20.8. The van der Waals surface area contributed by atoms with Crippen molar-refractivity contribution in [1.82, 2.24) is 9.88 Å². The molecule has 1 unspecified atom stereocenters. The van der Waals surface area contributed by atoms with Gasteiger partial charge in [0.1, 0.15) is 12.4 Å². The molecule has 0 spiro atoms. The molecule has 0 aliphatic carbocycles. The molecule has 7 nitrogen and oxygen atoms in total. The van der Waals surface area contributed by atoms with Crippen LogP contribution in [0.2, 0.25) is 0 Å². The molecule has 2 aromatic rings. The maximum Gasteiger partial charge on any atom is 0.367 e. The molecule has 4 rings (SSSR count). The topological polar surface area (TPSA) is 89.0 Å². The summed E-state index contributed by atoms with van der Waals surface area (Å²) < 4.78 is 24.8. The number of carbonyl (C=O) groups is 2. The first-order valence-corrected chi connectivity index (χ1v) is 9.65. The summed E-state index contributed by atoms with van der Waals surface area (Å²) in [6, 6.07) is 4.93. The first-order chi connectivity index (χ1) is 13.8. The molecular formula is C20H17FN2O5S. The molecule has 2 aliphatic heterocycles. The number of rotatable bonds is 1. The SMILES string of the molecule is COC(=O)c1nc2c(s1)C(F)COc1ccc(C#C[C@]3(O)CCN(C)C3=O)cc1-2. The van der Waals surface area contributed by atoms with Crippen LogP contribution in [0.25, 0.3) is 11.3 Å². The van der Waals surface area contributed by atoms with Gasteiger partial charge in [-0.1, -0.05) is 11.8 Å². The number of hydrogen-bond acceptors (Lipinski definition) is 7. The van der Waals surface area contributed by atoms with E-state index in [0.717, 1.165) is 11.3 Å². The van der Waals surface area contributed by atoms with E-state index in [0.29, 0.717) is 29.1 Å². The minimum Gasteiger partial charge on any atom is -0.489 e. The van der Waals surface area contributed by atoms with Crippen molar-refractivity contribution >= 4 is 23.2 Å². The summed E-state index contributed by atoms with van der Waals surface area (Å²) in [5.41, 5.74) is -0.431. The van der Waals surface area contributed by atoms with Crippen molar-refractivity contribution in [2.75, 3.05) is 27.3 Å². The Morgan fingerprint density at radius 3 is 3.00 bits per heavy atom.